The van der Waals surface area contributed by atoms with E-state index in [1.165, 1.54) is 0 Å². The average molecular weight is 261 g/mol. The molecule has 1 N–H and O–H groups in total. The molecule has 0 fully saturated rings. The molecule has 2 aromatic rings. The van der Waals surface area contributed by atoms with Gasteiger partial charge < -0.3 is 9.84 Å². The maximum atomic E-state index is 9.28. The summed E-state index contributed by atoms with van der Waals surface area (Å²) in [5, 5.41) is 17.4. The number of ether oxygens (including phenoxy) is 1. The summed E-state index contributed by atoms with van der Waals surface area (Å²) in [5.74, 6) is 0.839. The molecule has 0 aliphatic rings. The van der Waals surface area contributed by atoms with Gasteiger partial charge in [-0.3, -0.25) is 0 Å². The molecule has 1 heterocycles. The molecule has 0 aliphatic heterocycles. The molecule has 0 saturated carbocycles. The monoisotopic (exact) mass is 261 g/mol. The third-order valence-electron chi connectivity index (χ3n) is 2.87. The number of benzene rings is 1. The minimum absolute atomic E-state index is 0.0770. The van der Waals surface area contributed by atoms with Crippen molar-refractivity contribution >= 4 is 0 Å². The zero-order valence-corrected chi connectivity index (χ0v) is 11.3. The van der Waals surface area contributed by atoms with Crippen LogP contribution in [0.2, 0.25) is 0 Å². The summed E-state index contributed by atoms with van der Waals surface area (Å²) in [4.78, 5) is 0. The lowest BCUT2D eigenvalue weighted by Crippen LogP contribution is -2.04. The minimum Gasteiger partial charge on any atom is -0.494 e. The first-order chi connectivity index (χ1) is 9.30. The van der Waals surface area contributed by atoms with Gasteiger partial charge in [-0.15, -0.1) is 5.10 Å². The quantitative estimate of drug-likeness (QED) is 0.865. The maximum Gasteiger partial charge on any atom is 0.119 e. The molecule has 102 valence electrons. The Morgan fingerprint density at radius 1 is 1.21 bits per heavy atom. The summed E-state index contributed by atoms with van der Waals surface area (Å²) in [6, 6.07) is 7.71. The minimum atomic E-state index is -0.0770. The molecule has 5 nitrogen and oxygen atoms in total. The number of hydrogen-bond acceptors (Lipinski definition) is 4. The van der Waals surface area contributed by atoms with Crippen molar-refractivity contribution in [2.75, 3.05) is 6.61 Å². The Morgan fingerprint density at radius 3 is 2.53 bits per heavy atom. The lowest BCUT2D eigenvalue weighted by atomic mass is 10.2. The Hall–Kier alpha value is -1.88. The Labute approximate surface area is 112 Å². The van der Waals surface area contributed by atoms with Gasteiger partial charge in [-0.25, -0.2) is 4.68 Å². The molecule has 0 atom stereocenters. The number of aliphatic hydroxyl groups excluding tert-OH is 1. The Morgan fingerprint density at radius 2 is 1.95 bits per heavy atom. The molecular weight excluding hydrogens is 242 g/mol. The van der Waals surface area contributed by atoms with Gasteiger partial charge in [0.2, 0.25) is 0 Å². The predicted octanol–water partition coefficient (Wildman–Crippen LogP) is 2.11. The Balaban J connectivity index is 2.32. The topological polar surface area (TPSA) is 60.2 Å². The smallest absolute Gasteiger partial charge is 0.119 e. The van der Waals surface area contributed by atoms with Gasteiger partial charge in [0.15, 0.2) is 0 Å². The van der Waals surface area contributed by atoms with Gasteiger partial charge in [-0.05, 0) is 37.6 Å². The van der Waals surface area contributed by atoms with E-state index in [2.05, 4.69) is 17.2 Å². The zero-order chi connectivity index (χ0) is 13.7. The fourth-order valence-corrected chi connectivity index (χ4v) is 2.00. The highest BCUT2D eigenvalue weighted by Crippen LogP contribution is 2.18. The molecule has 0 unspecified atom stereocenters. The molecule has 0 saturated heterocycles. The lowest BCUT2D eigenvalue weighted by Gasteiger charge is -2.08. The largest absolute Gasteiger partial charge is 0.494 e. The molecule has 0 radical (unpaired) electrons. The molecule has 5 heteroatoms. The number of hydrogen-bond donors (Lipinski definition) is 1. The van der Waals surface area contributed by atoms with Crippen LogP contribution in [0.5, 0.6) is 5.75 Å². The van der Waals surface area contributed by atoms with Gasteiger partial charge in [-0.2, -0.15) is 0 Å². The van der Waals surface area contributed by atoms with E-state index < -0.39 is 0 Å². The van der Waals surface area contributed by atoms with Crippen molar-refractivity contribution in [3.05, 3.63) is 35.7 Å². The van der Waals surface area contributed by atoms with Crippen molar-refractivity contribution in [3.63, 3.8) is 0 Å². The van der Waals surface area contributed by atoms with E-state index in [-0.39, 0.29) is 6.61 Å². The van der Waals surface area contributed by atoms with Gasteiger partial charge in [-0.1, -0.05) is 18.6 Å². The number of aromatic nitrogens is 3. The van der Waals surface area contributed by atoms with E-state index in [4.69, 9.17) is 4.74 Å². The standard InChI is InChI=1S/C14H19N3O2/c1-3-5-14-13(10-18)15-16-17(14)11-6-8-12(9-7-11)19-4-2/h6-9,18H,3-5,10H2,1-2H3. The molecular formula is C14H19N3O2. The predicted molar refractivity (Wildman–Crippen MR) is 72.4 cm³/mol. The maximum absolute atomic E-state index is 9.28. The van der Waals surface area contributed by atoms with E-state index in [1.54, 1.807) is 4.68 Å². The fraction of sp³-hybridized carbons (Fsp3) is 0.429. The molecule has 0 bridgehead atoms. The first-order valence-electron chi connectivity index (χ1n) is 6.57. The van der Waals surface area contributed by atoms with E-state index in [1.807, 2.05) is 31.2 Å². The normalized spacial score (nSPS) is 10.7. The summed E-state index contributed by atoms with van der Waals surface area (Å²) in [5.41, 5.74) is 2.55. The van der Waals surface area contributed by atoms with Crippen LogP contribution in [0.1, 0.15) is 31.7 Å². The molecule has 0 spiro atoms. The summed E-state index contributed by atoms with van der Waals surface area (Å²) >= 11 is 0. The van der Waals surface area contributed by atoms with Crippen LogP contribution in [0.3, 0.4) is 0 Å². The third-order valence-corrected chi connectivity index (χ3v) is 2.87. The van der Waals surface area contributed by atoms with Crippen LogP contribution in [0.25, 0.3) is 5.69 Å². The average Bonchev–Trinajstić information content (AvgIpc) is 2.83. The first-order valence-corrected chi connectivity index (χ1v) is 6.57. The van der Waals surface area contributed by atoms with Crippen LogP contribution in [0.4, 0.5) is 0 Å². The molecule has 0 aliphatic carbocycles. The summed E-state index contributed by atoms with van der Waals surface area (Å²) in [6.45, 7) is 4.62. The van der Waals surface area contributed by atoms with Gasteiger partial charge >= 0.3 is 0 Å². The van der Waals surface area contributed by atoms with Crippen molar-refractivity contribution in [1.82, 2.24) is 15.0 Å². The van der Waals surface area contributed by atoms with E-state index in [0.29, 0.717) is 12.3 Å². The van der Waals surface area contributed by atoms with Gasteiger partial charge in [0, 0.05) is 0 Å². The lowest BCUT2D eigenvalue weighted by molar-refractivity contribution is 0.275. The van der Waals surface area contributed by atoms with Crippen molar-refractivity contribution in [3.8, 4) is 11.4 Å². The van der Waals surface area contributed by atoms with E-state index in [9.17, 15) is 5.11 Å². The molecule has 1 aromatic carbocycles. The van der Waals surface area contributed by atoms with Crippen molar-refractivity contribution < 1.29 is 9.84 Å². The first kappa shape index (κ1) is 13.5. The van der Waals surface area contributed by atoms with Crippen LogP contribution in [-0.4, -0.2) is 26.7 Å². The second-order valence-electron chi connectivity index (χ2n) is 4.23. The van der Waals surface area contributed by atoms with Gasteiger partial charge in [0.1, 0.15) is 11.4 Å². The van der Waals surface area contributed by atoms with Crippen LogP contribution in [0, 0.1) is 0 Å². The Bertz CT molecular complexity index is 520. The highest BCUT2D eigenvalue weighted by atomic mass is 16.5. The van der Waals surface area contributed by atoms with E-state index in [0.717, 1.165) is 30.0 Å². The summed E-state index contributed by atoms with van der Waals surface area (Å²) < 4.78 is 7.20. The van der Waals surface area contributed by atoms with Crippen molar-refractivity contribution in [1.29, 1.82) is 0 Å². The SMILES string of the molecule is CCCc1c(CO)nnn1-c1ccc(OCC)cc1. The van der Waals surface area contributed by atoms with Gasteiger partial charge in [0.25, 0.3) is 0 Å². The van der Waals surface area contributed by atoms with Crippen molar-refractivity contribution in [2.45, 2.75) is 33.3 Å². The molecule has 19 heavy (non-hydrogen) atoms. The zero-order valence-electron chi connectivity index (χ0n) is 11.3. The fourth-order valence-electron chi connectivity index (χ4n) is 2.00. The second-order valence-corrected chi connectivity index (χ2v) is 4.23. The highest BCUT2D eigenvalue weighted by Gasteiger charge is 2.12. The number of rotatable bonds is 6. The molecule has 0 amide bonds. The highest BCUT2D eigenvalue weighted by molar-refractivity contribution is 5.38. The van der Waals surface area contributed by atoms with E-state index >= 15 is 0 Å². The van der Waals surface area contributed by atoms with Crippen LogP contribution in [-0.2, 0) is 13.0 Å². The third kappa shape index (κ3) is 2.93. The number of aliphatic hydroxyl groups is 1. The van der Waals surface area contributed by atoms with Gasteiger partial charge in [0.05, 0.1) is 24.6 Å². The van der Waals surface area contributed by atoms with Crippen molar-refractivity contribution in [2.24, 2.45) is 0 Å². The Kier molecular flexibility index (Phi) is 4.52. The van der Waals surface area contributed by atoms with Crippen LogP contribution < -0.4 is 4.74 Å². The number of nitrogens with zero attached hydrogens (tertiary/aromatic N) is 3. The second kappa shape index (κ2) is 6.33. The molecule has 2 rings (SSSR count). The summed E-state index contributed by atoms with van der Waals surface area (Å²) in [6.07, 6.45) is 1.83. The summed E-state index contributed by atoms with van der Waals surface area (Å²) in [7, 11) is 0. The molecule has 1 aromatic heterocycles. The van der Waals surface area contributed by atoms with Crippen LogP contribution >= 0.6 is 0 Å². The van der Waals surface area contributed by atoms with Crippen LogP contribution in [0.15, 0.2) is 24.3 Å².